The van der Waals surface area contributed by atoms with Gasteiger partial charge in [-0.15, -0.1) is 0 Å². The smallest absolute Gasteiger partial charge is 0.220 e. The molecule has 8 nitrogen and oxygen atoms in total. The van der Waals surface area contributed by atoms with Crippen molar-refractivity contribution in [2.75, 3.05) is 29.9 Å². The van der Waals surface area contributed by atoms with Crippen LogP contribution in [0.1, 0.15) is 38.3 Å². The van der Waals surface area contributed by atoms with Crippen molar-refractivity contribution in [1.29, 1.82) is 0 Å². The summed E-state index contributed by atoms with van der Waals surface area (Å²) in [4.78, 5) is 31.2. The molecule has 0 aliphatic carbocycles. The average Bonchev–Trinajstić information content (AvgIpc) is 2.72. The molecule has 0 saturated carbocycles. The van der Waals surface area contributed by atoms with Crippen molar-refractivity contribution in [3.8, 4) is 0 Å². The van der Waals surface area contributed by atoms with E-state index in [2.05, 4.69) is 35.5 Å². The van der Waals surface area contributed by atoms with Gasteiger partial charge < -0.3 is 15.5 Å². The van der Waals surface area contributed by atoms with Crippen LogP contribution in [-0.2, 0) is 11.3 Å². The number of anilines is 2. The van der Waals surface area contributed by atoms with Crippen LogP contribution in [0.4, 0.5) is 11.6 Å². The summed E-state index contributed by atoms with van der Waals surface area (Å²) < 4.78 is 0. The van der Waals surface area contributed by atoms with Crippen LogP contribution in [0, 0.1) is 5.92 Å². The molecule has 144 valence electrons. The normalized spacial score (nSPS) is 16.8. The third kappa shape index (κ3) is 5.87. The van der Waals surface area contributed by atoms with Gasteiger partial charge in [-0.3, -0.25) is 14.8 Å². The van der Waals surface area contributed by atoms with E-state index in [1.165, 1.54) is 0 Å². The Morgan fingerprint density at radius 3 is 3.04 bits per heavy atom. The first-order chi connectivity index (χ1) is 13.2. The molecule has 1 aliphatic rings. The van der Waals surface area contributed by atoms with Crippen LogP contribution < -0.4 is 15.5 Å². The number of piperidine rings is 1. The highest BCUT2D eigenvalue weighted by Crippen LogP contribution is 2.25. The quantitative estimate of drug-likeness (QED) is 0.735. The van der Waals surface area contributed by atoms with Gasteiger partial charge in [0.15, 0.2) is 0 Å². The highest BCUT2D eigenvalue weighted by molar-refractivity contribution is 5.75. The Morgan fingerprint density at radius 1 is 1.30 bits per heavy atom. The van der Waals surface area contributed by atoms with Gasteiger partial charge in [-0.1, -0.05) is 0 Å². The highest BCUT2D eigenvalue weighted by Gasteiger charge is 2.22. The second kappa shape index (κ2) is 9.80. The number of nitrogens with zero attached hydrogens (tertiary/aromatic N) is 5. The van der Waals surface area contributed by atoms with Gasteiger partial charge in [-0.25, -0.2) is 9.97 Å². The molecule has 1 unspecified atom stereocenters. The van der Waals surface area contributed by atoms with Crippen LogP contribution in [0.25, 0.3) is 0 Å². The largest absolute Gasteiger partial charge is 0.370 e. The molecule has 1 saturated heterocycles. The molecule has 27 heavy (non-hydrogen) atoms. The standard InChI is InChI=1S/C19H27N7O/c1-2-21-17-10-18(25-14-24-17)26-9-3-4-15(13-26)5-6-19(27)23-12-16-11-20-7-8-22-16/h7-8,10-11,14-15H,2-6,9,12-13H2,1H3,(H,23,27)(H,21,24,25). The van der Waals surface area contributed by atoms with Crippen molar-refractivity contribution < 1.29 is 4.79 Å². The van der Waals surface area contributed by atoms with Crippen LogP contribution in [0.3, 0.4) is 0 Å². The van der Waals surface area contributed by atoms with Crippen LogP contribution in [-0.4, -0.2) is 45.5 Å². The number of aromatic nitrogens is 4. The Bertz CT molecular complexity index is 725. The molecule has 2 N–H and O–H groups in total. The molecule has 3 heterocycles. The van der Waals surface area contributed by atoms with Gasteiger partial charge in [-0.05, 0) is 32.1 Å². The maximum atomic E-state index is 12.1. The minimum atomic E-state index is 0.0641. The fourth-order valence-electron chi connectivity index (χ4n) is 3.34. The minimum absolute atomic E-state index is 0.0641. The number of rotatable bonds is 8. The van der Waals surface area contributed by atoms with E-state index in [1.807, 2.05) is 13.0 Å². The summed E-state index contributed by atoms with van der Waals surface area (Å²) in [5.41, 5.74) is 0.773. The molecule has 1 atom stereocenters. The van der Waals surface area contributed by atoms with Crippen LogP contribution in [0.5, 0.6) is 0 Å². The van der Waals surface area contributed by atoms with Crippen molar-refractivity contribution in [3.63, 3.8) is 0 Å². The SMILES string of the molecule is CCNc1cc(N2CCCC(CCC(=O)NCc3cnccn3)C2)ncn1. The highest BCUT2D eigenvalue weighted by atomic mass is 16.1. The number of hydrogen-bond donors (Lipinski definition) is 2. The number of carbonyl (C=O) groups is 1. The molecule has 1 fully saturated rings. The van der Waals surface area contributed by atoms with Gasteiger partial charge in [0.2, 0.25) is 5.91 Å². The molecule has 0 spiro atoms. The topological polar surface area (TPSA) is 95.9 Å². The lowest BCUT2D eigenvalue weighted by Gasteiger charge is -2.33. The Labute approximate surface area is 159 Å². The first-order valence-corrected chi connectivity index (χ1v) is 9.57. The Kier molecular flexibility index (Phi) is 6.90. The zero-order valence-electron chi connectivity index (χ0n) is 15.8. The summed E-state index contributed by atoms with van der Waals surface area (Å²) in [6, 6.07) is 2.00. The number of carbonyl (C=O) groups excluding carboxylic acids is 1. The van der Waals surface area contributed by atoms with E-state index in [0.29, 0.717) is 18.9 Å². The van der Waals surface area contributed by atoms with Gasteiger partial charge in [0, 0.05) is 44.5 Å². The molecule has 1 amide bonds. The van der Waals surface area contributed by atoms with Gasteiger partial charge in [0.25, 0.3) is 0 Å². The van der Waals surface area contributed by atoms with Crippen molar-refractivity contribution in [2.45, 2.75) is 39.2 Å². The maximum absolute atomic E-state index is 12.1. The Balaban J connectivity index is 1.45. The summed E-state index contributed by atoms with van der Waals surface area (Å²) in [6.07, 6.45) is 10.2. The van der Waals surface area contributed by atoms with Gasteiger partial charge in [0.1, 0.15) is 18.0 Å². The molecule has 2 aromatic heterocycles. The molecular weight excluding hydrogens is 342 g/mol. The van der Waals surface area contributed by atoms with Gasteiger partial charge in [0.05, 0.1) is 18.4 Å². The molecule has 0 bridgehead atoms. The van der Waals surface area contributed by atoms with E-state index in [-0.39, 0.29) is 5.91 Å². The maximum Gasteiger partial charge on any atom is 0.220 e. The number of hydrogen-bond acceptors (Lipinski definition) is 7. The monoisotopic (exact) mass is 369 g/mol. The first-order valence-electron chi connectivity index (χ1n) is 9.57. The van der Waals surface area contributed by atoms with Crippen LogP contribution >= 0.6 is 0 Å². The molecule has 0 aromatic carbocycles. The molecule has 1 aliphatic heterocycles. The molecule has 8 heteroatoms. The predicted octanol–water partition coefficient (Wildman–Crippen LogP) is 2.01. The lowest BCUT2D eigenvalue weighted by Crippen LogP contribution is -2.36. The Morgan fingerprint density at radius 2 is 2.22 bits per heavy atom. The third-order valence-electron chi connectivity index (χ3n) is 4.72. The van der Waals surface area contributed by atoms with Crippen molar-refractivity contribution in [3.05, 3.63) is 36.7 Å². The van der Waals surface area contributed by atoms with E-state index in [4.69, 9.17) is 0 Å². The zero-order valence-corrected chi connectivity index (χ0v) is 15.8. The fraction of sp³-hybridized carbons (Fsp3) is 0.526. The van der Waals surface area contributed by atoms with Crippen molar-refractivity contribution >= 4 is 17.5 Å². The van der Waals surface area contributed by atoms with Crippen molar-refractivity contribution in [2.24, 2.45) is 5.92 Å². The Hall–Kier alpha value is -2.77. The third-order valence-corrected chi connectivity index (χ3v) is 4.72. The molecule has 2 aromatic rings. The second-order valence-corrected chi connectivity index (χ2v) is 6.76. The van der Waals surface area contributed by atoms with E-state index < -0.39 is 0 Å². The van der Waals surface area contributed by atoms with E-state index in [9.17, 15) is 4.79 Å². The predicted molar refractivity (Wildman–Crippen MR) is 104 cm³/mol. The average molecular weight is 369 g/mol. The summed E-state index contributed by atoms with van der Waals surface area (Å²) in [5, 5.41) is 6.14. The summed E-state index contributed by atoms with van der Waals surface area (Å²) >= 11 is 0. The summed E-state index contributed by atoms with van der Waals surface area (Å²) in [7, 11) is 0. The first kappa shape index (κ1) is 19.0. The molecule has 0 radical (unpaired) electrons. The minimum Gasteiger partial charge on any atom is -0.370 e. The van der Waals surface area contributed by atoms with E-state index in [0.717, 1.165) is 56.2 Å². The van der Waals surface area contributed by atoms with Crippen LogP contribution in [0.15, 0.2) is 31.0 Å². The summed E-state index contributed by atoms with van der Waals surface area (Å²) in [6.45, 7) is 5.24. The summed E-state index contributed by atoms with van der Waals surface area (Å²) in [5.74, 6) is 2.37. The van der Waals surface area contributed by atoms with Gasteiger partial charge in [-0.2, -0.15) is 0 Å². The number of nitrogens with one attached hydrogen (secondary N) is 2. The van der Waals surface area contributed by atoms with Crippen LogP contribution in [0.2, 0.25) is 0 Å². The van der Waals surface area contributed by atoms with E-state index in [1.54, 1.807) is 24.9 Å². The lowest BCUT2D eigenvalue weighted by molar-refractivity contribution is -0.121. The van der Waals surface area contributed by atoms with E-state index >= 15 is 0 Å². The second-order valence-electron chi connectivity index (χ2n) is 6.76. The zero-order chi connectivity index (χ0) is 18.9. The molecule has 3 rings (SSSR count). The van der Waals surface area contributed by atoms with Gasteiger partial charge >= 0.3 is 0 Å². The van der Waals surface area contributed by atoms with Crippen molar-refractivity contribution in [1.82, 2.24) is 25.3 Å². The fourth-order valence-corrected chi connectivity index (χ4v) is 3.34. The number of amides is 1. The molecular formula is C19H27N7O. The lowest BCUT2D eigenvalue weighted by atomic mass is 9.93.